The smallest absolute Gasteiger partial charge is 0.0159 e. The third kappa shape index (κ3) is 3.87. The first kappa shape index (κ1) is 29.7. The Morgan fingerprint density at radius 3 is 1.40 bits per heavy atom. The van der Waals surface area contributed by atoms with Crippen molar-refractivity contribution in [3.05, 3.63) is 180 Å². The summed E-state index contributed by atoms with van der Waals surface area (Å²) in [5.41, 5.74) is 16.0. The maximum Gasteiger partial charge on any atom is 0.0159 e. The Morgan fingerprint density at radius 2 is 0.769 bits per heavy atom. The second-order valence-corrected chi connectivity index (χ2v) is 16.1. The van der Waals surface area contributed by atoms with Gasteiger partial charge in [0.2, 0.25) is 0 Å². The van der Waals surface area contributed by atoms with E-state index in [1.54, 1.807) is 0 Å². The zero-order valence-electron chi connectivity index (χ0n) is 30.0. The third-order valence-electron chi connectivity index (χ3n) is 12.6. The van der Waals surface area contributed by atoms with Gasteiger partial charge in [0.25, 0.3) is 0 Å². The summed E-state index contributed by atoms with van der Waals surface area (Å²) < 4.78 is 0. The Hall–Kier alpha value is -5.98. The van der Waals surface area contributed by atoms with Crippen LogP contribution in [0.4, 0.5) is 0 Å². The molecule has 0 N–H and O–H groups in total. The molecule has 0 spiro atoms. The highest BCUT2D eigenvalue weighted by atomic mass is 14.4. The fourth-order valence-electron chi connectivity index (χ4n) is 10.0. The zero-order valence-corrected chi connectivity index (χ0v) is 30.0. The van der Waals surface area contributed by atoms with E-state index in [-0.39, 0.29) is 10.8 Å². The molecule has 0 fully saturated rings. The molecule has 0 heterocycles. The van der Waals surface area contributed by atoms with Gasteiger partial charge in [-0.15, -0.1) is 0 Å². The molecule has 52 heavy (non-hydrogen) atoms. The van der Waals surface area contributed by atoms with Gasteiger partial charge in [0, 0.05) is 10.8 Å². The lowest BCUT2D eigenvalue weighted by Crippen LogP contribution is -2.15. The molecule has 0 saturated carbocycles. The Balaban J connectivity index is 1.39. The van der Waals surface area contributed by atoms with E-state index >= 15 is 0 Å². The SMILES string of the molecule is CC1(C)c2ccccc2-c2cc3c(-c4ccc5ccccc5c4)c4cc5c(cc4c(-c4cccc6ccccc46)c3cc21)C(C)(C)c1ccccc1-5. The van der Waals surface area contributed by atoms with Gasteiger partial charge in [0.15, 0.2) is 0 Å². The number of fused-ring (bicyclic) bond motifs is 10. The van der Waals surface area contributed by atoms with E-state index in [4.69, 9.17) is 0 Å². The van der Waals surface area contributed by atoms with Gasteiger partial charge in [-0.25, -0.2) is 0 Å². The van der Waals surface area contributed by atoms with E-state index in [0.717, 1.165) is 0 Å². The van der Waals surface area contributed by atoms with Crippen molar-refractivity contribution in [3.8, 4) is 44.5 Å². The van der Waals surface area contributed by atoms with Gasteiger partial charge in [0.05, 0.1) is 0 Å². The summed E-state index contributed by atoms with van der Waals surface area (Å²) in [5, 5.41) is 10.3. The minimum atomic E-state index is -0.115. The lowest BCUT2D eigenvalue weighted by atomic mass is 9.77. The fourth-order valence-corrected chi connectivity index (χ4v) is 10.0. The fraction of sp³-hybridized carbons (Fsp3) is 0.115. The first-order chi connectivity index (χ1) is 25.3. The second kappa shape index (κ2) is 10.3. The molecule has 0 radical (unpaired) electrons. The van der Waals surface area contributed by atoms with Crippen molar-refractivity contribution in [3.63, 3.8) is 0 Å². The predicted octanol–water partition coefficient (Wildman–Crippen LogP) is 14.2. The van der Waals surface area contributed by atoms with Crippen molar-refractivity contribution < 1.29 is 0 Å². The Morgan fingerprint density at radius 1 is 0.288 bits per heavy atom. The van der Waals surface area contributed by atoms with Crippen LogP contribution in [0.3, 0.4) is 0 Å². The van der Waals surface area contributed by atoms with Crippen molar-refractivity contribution in [1.82, 2.24) is 0 Å². The van der Waals surface area contributed by atoms with Gasteiger partial charge in [-0.2, -0.15) is 0 Å². The Bertz CT molecular complexity index is 2880. The highest BCUT2D eigenvalue weighted by Crippen LogP contribution is 2.56. The first-order valence-electron chi connectivity index (χ1n) is 18.6. The van der Waals surface area contributed by atoms with Crippen molar-refractivity contribution in [1.29, 1.82) is 0 Å². The molecule has 0 aliphatic heterocycles. The second-order valence-electron chi connectivity index (χ2n) is 16.1. The first-order valence-corrected chi connectivity index (χ1v) is 18.6. The molecule has 0 saturated heterocycles. The average molecular weight is 663 g/mol. The third-order valence-corrected chi connectivity index (χ3v) is 12.6. The van der Waals surface area contributed by atoms with Crippen molar-refractivity contribution in [2.45, 2.75) is 38.5 Å². The lowest BCUT2D eigenvalue weighted by molar-refractivity contribution is 0.661. The molecule has 0 heteroatoms. The summed E-state index contributed by atoms with van der Waals surface area (Å²) in [6, 6.07) is 59.9. The van der Waals surface area contributed by atoms with Crippen LogP contribution in [0, 0.1) is 0 Å². The minimum absolute atomic E-state index is 0.115. The summed E-state index contributed by atoms with van der Waals surface area (Å²) in [6.07, 6.45) is 0. The van der Waals surface area contributed by atoms with Crippen LogP contribution in [-0.4, -0.2) is 0 Å². The van der Waals surface area contributed by atoms with E-state index < -0.39 is 0 Å². The van der Waals surface area contributed by atoms with E-state index in [9.17, 15) is 0 Å². The molecule has 0 bridgehead atoms. The van der Waals surface area contributed by atoms with Crippen molar-refractivity contribution >= 4 is 43.1 Å². The summed E-state index contributed by atoms with van der Waals surface area (Å²) in [7, 11) is 0. The van der Waals surface area contributed by atoms with Crippen LogP contribution in [0.1, 0.15) is 49.9 Å². The van der Waals surface area contributed by atoms with E-state index in [1.165, 1.54) is 110 Å². The quantitative estimate of drug-likeness (QED) is 0.162. The summed E-state index contributed by atoms with van der Waals surface area (Å²) in [6.45, 7) is 9.61. The highest BCUT2D eigenvalue weighted by Gasteiger charge is 2.38. The number of hydrogen-bond acceptors (Lipinski definition) is 0. The molecular weight excluding hydrogens is 625 g/mol. The molecular formula is C52H38. The van der Waals surface area contributed by atoms with Gasteiger partial charge in [0.1, 0.15) is 0 Å². The maximum atomic E-state index is 2.57. The topological polar surface area (TPSA) is 0 Å². The van der Waals surface area contributed by atoms with Crippen LogP contribution in [0.5, 0.6) is 0 Å². The molecule has 2 aliphatic rings. The summed E-state index contributed by atoms with van der Waals surface area (Å²) in [5.74, 6) is 0. The van der Waals surface area contributed by atoms with Crippen LogP contribution < -0.4 is 0 Å². The number of benzene rings is 9. The zero-order chi connectivity index (χ0) is 34.9. The van der Waals surface area contributed by atoms with Crippen LogP contribution >= 0.6 is 0 Å². The van der Waals surface area contributed by atoms with E-state index in [0.29, 0.717) is 0 Å². The molecule has 2 aliphatic carbocycles. The van der Waals surface area contributed by atoms with Crippen molar-refractivity contribution in [2.24, 2.45) is 0 Å². The van der Waals surface area contributed by atoms with Crippen LogP contribution in [0.15, 0.2) is 158 Å². The van der Waals surface area contributed by atoms with Gasteiger partial charge >= 0.3 is 0 Å². The molecule has 0 unspecified atom stereocenters. The molecule has 9 aromatic rings. The van der Waals surface area contributed by atoms with Crippen LogP contribution in [-0.2, 0) is 10.8 Å². The number of hydrogen-bond donors (Lipinski definition) is 0. The molecule has 0 atom stereocenters. The van der Waals surface area contributed by atoms with E-state index in [1.807, 2.05) is 0 Å². The monoisotopic (exact) mass is 662 g/mol. The molecule has 0 aromatic heterocycles. The van der Waals surface area contributed by atoms with Gasteiger partial charge in [-0.05, 0) is 140 Å². The highest BCUT2D eigenvalue weighted by molar-refractivity contribution is 6.25. The summed E-state index contributed by atoms with van der Waals surface area (Å²) >= 11 is 0. The van der Waals surface area contributed by atoms with Gasteiger partial charge in [-0.3, -0.25) is 0 Å². The molecule has 0 amide bonds. The summed E-state index contributed by atoms with van der Waals surface area (Å²) in [4.78, 5) is 0. The number of rotatable bonds is 2. The van der Waals surface area contributed by atoms with Crippen LogP contribution in [0.2, 0.25) is 0 Å². The standard InChI is InChI=1S/C52H38/c1-51(2)45-22-11-9-19-36(45)39-27-41-43(29-47(39)51)50(38-21-13-17-32-15-7-8-18-35(32)38)44-30-48-40(37-20-10-12-23-46(37)52(48,3)4)28-42(44)49(41)34-25-24-31-14-5-6-16-33(31)26-34/h5-30H,1-4H3. The molecule has 246 valence electrons. The largest absolute Gasteiger partial charge is 0.0619 e. The molecule has 11 rings (SSSR count). The normalized spacial score (nSPS) is 14.8. The average Bonchev–Trinajstić information content (AvgIpc) is 3.54. The molecule has 0 nitrogen and oxygen atoms in total. The lowest BCUT2D eigenvalue weighted by Gasteiger charge is -2.26. The van der Waals surface area contributed by atoms with Crippen molar-refractivity contribution in [2.75, 3.05) is 0 Å². The van der Waals surface area contributed by atoms with Crippen LogP contribution in [0.25, 0.3) is 87.6 Å². The predicted molar refractivity (Wildman–Crippen MR) is 222 cm³/mol. The Kier molecular flexibility index (Phi) is 5.89. The molecule has 9 aromatic carbocycles. The maximum absolute atomic E-state index is 2.57. The van der Waals surface area contributed by atoms with E-state index in [2.05, 4.69) is 185 Å². The van der Waals surface area contributed by atoms with Gasteiger partial charge < -0.3 is 0 Å². The van der Waals surface area contributed by atoms with Gasteiger partial charge in [-0.1, -0.05) is 155 Å². The Labute approximate surface area is 305 Å². The minimum Gasteiger partial charge on any atom is -0.0619 e.